The molecule has 3 aromatic heterocycles. The summed E-state index contributed by atoms with van der Waals surface area (Å²) in [5.41, 5.74) is 2.92. The molecular formula is C20H22N4O2S2. The molecule has 0 amide bonds. The number of hydrogen-bond acceptors (Lipinski definition) is 4. The summed E-state index contributed by atoms with van der Waals surface area (Å²) in [6.45, 7) is 3.41. The molecule has 0 saturated heterocycles. The number of aromatic nitrogens is 3. The molecule has 0 aliphatic carbocycles. The minimum absolute atomic E-state index is 0.260. The van der Waals surface area contributed by atoms with Crippen molar-refractivity contribution in [3.05, 3.63) is 71.5 Å². The lowest BCUT2D eigenvalue weighted by molar-refractivity contribution is 0.404. The highest BCUT2D eigenvalue weighted by Gasteiger charge is 2.26. The third-order valence-electron chi connectivity index (χ3n) is 4.75. The minimum Gasteiger partial charge on any atom is -0.361 e. The summed E-state index contributed by atoms with van der Waals surface area (Å²) in [7, 11) is -3.57. The van der Waals surface area contributed by atoms with Gasteiger partial charge in [0.2, 0.25) is 0 Å². The van der Waals surface area contributed by atoms with E-state index in [4.69, 9.17) is 0 Å². The number of para-hydroxylation sites is 1. The molecule has 4 rings (SSSR count). The maximum Gasteiger partial charge on any atom is 0.252 e. The van der Waals surface area contributed by atoms with E-state index >= 15 is 0 Å². The molecule has 8 heteroatoms. The zero-order valence-corrected chi connectivity index (χ0v) is 17.2. The number of thiophene rings is 1. The monoisotopic (exact) mass is 414 g/mol. The van der Waals surface area contributed by atoms with Crippen molar-refractivity contribution in [1.82, 2.24) is 19.1 Å². The molecule has 0 radical (unpaired) electrons. The first-order valence-electron chi connectivity index (χ1n) is 9.19. The Labute approximate surface area is 168 Å². The minimum atomic E-state index is -3.57. The van der Waals surface area contributed by atoms with Crippen molar-refractivity contribution in [1.29, 1.82) is 0 Å². The molecule has 0 unspecified atom stereocenters. The molecule has 4 aromatic rings. The molecule has 146 valence electrons. The fourth-order valence-electron chi connectivity index (χ4n) is 3.25. The Balaban J connectivity index is 1.60. The van der Waals surface area contributed by atoms with Gasteiger partial charge in [-0.1, -0.05) is 24.3 Å². The van der Waals surface area contributed by atoms with Crippen molar-refractivity contribution in [2.45, 2.75) is 30.6 Å². The third-order valence-corrected chi connectivity index (χ3v) is 7.97. The van der Waals surface area contributed by atoms with Crippen LogP contribution in [0.25, 0.3) is 10.9 Å². The van der Waals surface area contributed by atoms with Gasteiger partial charge in [0.05, 0.1) is 12.2 Å². The summed E-state index contributed by atoms with van der Waals surface area (Å²) < 4.78 is 30.1. The Bertz CT molecular complexity index is 1160. The Hall–Kier alpha value is -2.42. The molecule has 6 nitrogen and oxygen atoms in total. The van der Waals surface area contributed by atoms with Crippen molar-refractivity contribution >= 4 is 32.3 Å². The lowest BCUT2D eigenvalue weighted by atomic mass is 10.1. The fourth-order valence-corrected chi connectivity index (χ4v) is 5.81. The predicted molar refractivity (Wildman–Crippen MR) is 112 cm³/mol. The van der Waals surface area contributed by atoms with Gasteiger partial charge in [-0.25, -0.2) is 8.42 Å². The van der Waals surface area contributed by atoms with Gasteiger partial charge in [0.1, 0.15) is 4.21 Å². The van der Waals surface area contributed by atoms with E-state index in [0.717, 1.165) is 28.7 Å². The van der Waals surface area contributed by atoms with Crippen LogP contribution in [-0.2, 0) is 29.5 Å². The summed E-state index contributed by atoms with van der Waals surface area (Å²) in [6, 6.07) is 13.4. The highest BCUT2D eigenvalue weighted by molar-refractivity contribution is 7.91. The first-order chi connectivity index (χ1) is 13.6. The van der Waals surface area contributed by atoms with E-state index in [0.29, 0.717) is 17.2 Å². The number of nitrogens with zero attached hydrogens (tertiary/aromatic N) is 3. The zero-order chi connectivity index (χ0) is 19.6. The number of benzene rings is 1. The molecule has 0 spiro atoms. The highest BCUT2D eigenvalue weighted by atomic mass is 32.2. The fraction of sp³-hybridized carbons (Fsp3) is 0.250. The average Bonchev–Trinajstić information content (AvgIpc) is 3.46. The van der Waals surface area contributed by atoms with E-state index in [9.17, 15) is 8.42 Å². The van der Waals surface area contributed by atoms with Crippen LogP contribution in [0, 0.1) is 0 Å². The van der Waals surface area contributed by atoms with Gasteiger partial charge in [0, 0.05) is 36.4 Å². The maximum absolute atomic E-state index is 13.2. The smallest absolute Gasteiger partial charge is 0.252 e. The molecule has 0 saturated carbocycles. The maximum atomic E-state index is 13.2. The van der Waals surface area contributed by atoms with Crippen LogP contribution in [0.1, 0.15) is 18.2 Å². The number of fused-ring (bicyclic) bond motifs is 1. The second kappa shape index (κ2) is 7.90. The predicted octanol–water partition coefficient (Wildman–Crippen LogP) is 3.88. The van der Waals surface area contributed by atoms with Crippen LogP contribution in [0.3, 0.4) is 0 Å². The Morgan fingerprint density at radius 1 is 1.18 bits per heavy atom. The summed E-state index contributed by atoms with van der Waals surface area (Å²) in [5.74, 6) is 0. The summed E-state index contributed by atoms with van der Waals surface area (Å²) >= 11 is 1.24. The van der Waals surface area contributed by atoms with Crippen molar-refractivity contribution < 1.29 is 8.42 Å². The van der Waals surface area contributed by atoms with E-state index in [2.05, 4.69) is 16.1 Å². The molecule has 3 heterocycles. The van der Waals surface area contributed by atoms with Crippen molar-refractivity contribution in [3.63, 3.8) is 0 Å². The lowest BCUT2D eigenvalue weighted by Crippen LogP contribution is -2.32. The summed E-state index contributed by atoms with van der Waals surface area (Å²) in [5, 5.41) is 7.39. The normalized spacial score (nSPS) is 12.2. The Morgan fingerprint density at radius 2 is 2.04 bits per heavy atom. The van der Waals surface area contributed by atoms with E-state index in [1.54, 1.807) is 17.5 Å². The third kappa shape index (κ3) is 3.76. The van der Waals surface area contributed by atoms with Gasteiger partial charge < -0.3 is 4.98 Å². The van der Waals surface area contributed by atoms with Crippen molar-refractivity contribution in [3.8, 4) is 0 Å². The van der Waals surface area contributed by atoms with E-state index in [1.807, 2.05) is 48.3 Å². The van der Waals surface area contributed by atoms with Crippen LogP contribution in [0.2, 0.25) is 0 Å². The zero-order valence-electron chi connectivity index (χ0n) is 15.6. The standard InChI is InChI=1S/C20H22N4O2S2/c1-2-23-11-10-17(22-23)15-24(28(25,26)20-8-5-13-27-20)12-9-16-14-21-19-7-4-3-6-18(16)19/h3-8,10-11,13-14,21H,2,9,12,15H2,1H3. The number of rotatable bonds is 8. The molecule has 1 aromatic carbocycles. The van der Waals surface area contributed by atoms with Crippen LogP contribution in [-0.4, -0.2) is 34.0 Å². The summed E-state index contributed by atoms with van der Waals surface area (Å²) in [6.07, 6.45) is 4.47. The van der Waals surface area contributed by atoms with Gasteiger partial charge in [-0.15, -0.1) is 11.3 Å². The molecule has 0 aliphatic heterocycles. The van der Waals surface area contributed by atoms with Gasteiger partial charge in [-0.3, -0.25) is 4.68 Å². The largest absolute Gasteiger partial charge is 0.361 e. The topological polar surface area (TPSA) is 71.0 Å². The number of aryl methyl sites for hydroxylation is 1. The van der Waals surface area contributed by atoms with Gasteiger partial charge in [0.15, 0.2) is 0 Å². The molecule has 0 aliphatic rings. The van der Waals surface area contributed by atoms with E-state index in [1.165, 1.54) is 15.6 Å². The first kappa shape index (κ1) is 18.9. The quantitative estimate of drug-likeness (QED) is 0.476. The SMILES string of the molecule is CCn1ccc(CN(CCc2c[nH]c3ccccc23)S(=O)(=O)c2cccs2)n1. The number of hydrogen-bond donors (Lipinski definition) is 1. The number of aromatic amines is 1. The van der Waals surface area contributed by atoms with Crippen LogP contribution in [0.4, 0.5) is 0 Å². The second-order valence-corrected chi connectivity index (χ2v) is 9.66. The van der Waals surface area contributed by atoms with Crippen LogP contribution in [0.15, 0.2) is 64.4 Å². The molecule has 0 fully saturated rings. The average molecular weight is 415 g/mol. The number of H-pyrrole nitrogens is 1. The van der Waals surface area contributed by atoms with Crippen molar-refractivity contribution in [2.24, 2.45) is 0 Å². The first-order valence-corrected chi connectivity index (χ1v) is 11.5. The number of sulfonamides is 1. The van der Waals surface area contributed by atoms with Crippen LogP contribution < -0.4 is 0 Å². The van der Waals surface area contributed by atoms with Crippen LogP contribution in [0.5, 0.6) is 0 Å². The molecule has 0 bridgehead atoms. The highest BCUT2D eigenvalue weighted by Crippen LogP contribution is 2.24. The number of nitrogens with one attached hydrogen (secondary N) is 1. The molecule has 28 heavy (non-hydrogen) atoms. The van der Waals surface area contributed by atoms with Gasteiger partial charge in [-0.2, -0.15) is 9.40 Å². The van der Waals surface area contributed by atoms with Gasteiger partial charge in [0.25, 0.3) is 10.0 Å². The lowest BCUT2D eigenvalue weighted by Gasteiger charge is -2.20. The second-order valence-electron chi connectivity index (χ2n) is 6.54. The van der Waals surface area contributed by atoms with E-state index in [-0.39, 0.29) is 6.54 Å². The van der Waals surface area contributed by atoms with Gasteiger partial charge >= 0.3 is 0 Å². The Morgan fingerprint density at radius 3 is 2.79 bits per heavy atom. The van der Waals surface area contributed by atoms with E-state index < -0.39 is 10.0 Å². The van der Waals surface area contributed by atoms with Crippen LogP contribution >= 0.6 is 11.3 Å². The Kier molecular flexibility index (Phi) is 5.34. The van der Waals surface area contributed by atoms with Gasteiger partial charge in [-0.05, 0) is 42.5 Å². The summed E-state index contributed by atoms with van der Waals surface area (Å²) in [4.78, 5) is 3.26. The van der Waals surface area contributed by atoms with Crippen molar-refractivity contribution in [2.75, 3.05) is 6.54 Å². The molecular weight excluding hydrogens is 392 g/mol. The molecule has 1 N–H and O–H groups in total. The molecule has 0 atom stereocenters.